The molecule has 2 heterocycles. The van der Waals surface area contributed by atoms with Crippen LogP contribution in [-0.2, 0) is 20.7 Å². The third kappa shape index (κ3) is 8.47. The van der Waals surface area contributed by atoms with E-state index < -0.39 is 18.1 Å². The molecule has 0 aromatic heterocycles. The summed E-state index contributed by atoms with van der Waals surface area (Å²) in [5.41, 5.74) is 2.59. The number of alkyl halides is 3. The summed E-state index contributed by atoms with van der Waals surface area (Å²) in [6.45, 7) is 6.21. The van der Waals surface area contributed by atoms with Gasteiger partial charge in [0.1, 0.15) is 11.4 Å². The van der Waals surface area contributed by atoms with Crippen LogP contribution < -0.4 is 10.2 Å². The standard InChI is InChI=1S/C30H43F3N4O3S/c1-21-20-26(37(22(2)38)17-18-40-3)9-8-24(21)11-19-41-36-15-13-29(14-16-36)28(39)34-27(35-29)25-6-4-23(5-7-25)10-12-30(31,32)33/h8-9,20,23,25H,4-7,10-19H2,1-3H3,(H,34,35,39). The number of nitrogens with one attached hydrogen (secondary N) is 1. The van der Waals surface area contributed by atoms with Crippen LogP contribution in [0.4, 0.5) is 18.9 Å². The van der Waals surface area contributed by atoms with E-state index in [1.165, 1.54) is 5.56 Å². The predicted molar refractivity (Wildman–Crippen MR) is 157 cm³/mol. The first kappa shape index (κ1) is 31.8. The van der Waals surface area contributed by atoms with Crippen LogP contribution in [0.1, 0.15) is 69.4 Å². The maximum absolute atomic E-state index is 13.0. The number of carbonyl (C=O) groups is 2. The molecule has 4 rings (SSSR count). The van der Waals surface area contributed by atoms with E-state index in [2.05, 4.69) is 28.7 Å². The van der Waals surface area contributed by atoms with E-state index in [4.69, 9.17) is 9.73 Å². The Hall–Kier alpha value is -2.11. The van der Waals surface area contributed by atoms with Crippen LogP contribution in [0, 0.1) is 18.8 Å². The zero-order valence-electron chi connectivity index (χ0n) is 24.4. The van der Waals surface area contributed by atoms with Gasteiger partial charge in [0, 0.05) is 57.4 Å². The number of hydrogen-bond donors (Lipinski definition) is 1. The van der Waals surface area contributed by atoms with Crippen molar-refractivity contribution in [1.82, 2.24) is 9.62 Å². The van der Waals surface area contributed by atoms with Crippen molar-refractivity contribution >= 4 is 35.3 Å². The van der Waals surface area contributed by atoms with Gasteiger partial charge in [0.2, 0.25) is 5.91 Å². The number of aliphatic imine (C=N–C) groups is 1. The molecule has 11 heteroatoms. The first-order chi connectivity index (χ1) is 19.5. The summed E-state index contributed by atoms with van der Waals surface area (Å²) in [6, 6.07) is 6.16. The third-order valence-corrected chi connectivity index (χ3v) is 9.92. The Morgan fingerprint density at radius 3 is 2.54 bits per heavy atom. The molecule has 1 N–H and O–H groups in total. The lowest BCUT2D eigenvalue weighted by atomic mass is 9.79. The van der Waals surface area contributed by atoms with Crippen LogP contribution in [-0.4, -0.2) is 72.8 Å². The largest absolute Gasteiger partial charge is 0.389 e. The second-order valence-corrected chi connectivity index (χ2v) is 12.8. The van der Waals surface area contributed by atoms with Gasteiger partial charge in [0.05, 0.1) is 6.61 Å². The predicted octanol–water partition coefficient (Wildman–Crippen LogP) is 5.70. The number of aryl methyl sites for hydroxylation is 2. The SMILES string of the molecule is COCCN(C(C)=O)c1ccc(CCSN2CCC3(CC2)N=C(C2CCC(CCC(F)(F)F)CC2)NC3=O)c(C)c1. The molecule has 1 aromatic rings. The topological polar surface area (TPSA) is 74.2 Å². The van der Waals surface area contributed by atoms with Gasteiger partial charge in [-0.25, -0.2) is 0 Å². The van der Waals surface area contributed by atoms with E-state index in [0.29, 0.717) is 26.0 Å². The summed E-state index contributed by atoms with van der Waals surface area (Å²) >= 11 is 1.80. The lowest BCUT2D eigenvalue weighted by Crippen LogP contribution is -2.47. The molecule has 2 fully saturated rings. The summed E-state index contributed by atoms with van der Waals surface area (Å²) in [5.74, 6) is 1.91. The highest BCUT2D eigenvalue weighted by molar-refractivity contribution is 7.97. The van der Waals surface area contributed by atoms with Gasteiger partial charge in [-0.2, -0.15) is 13.2 Å². The van der Waals surface area contributed by atoms with Crippen molar-refractivity contribution in [3.05, 3.63) is 29.3 Å². The van der Waals surface area contributed by atoms with E-state index in [1.807, 2.05) is 6.07 Å². The highest BCUT2D eigenvalue weighted by Crippen LogP contribution is 2.38. The van der Waals surface area contributed by atoms with E-state index in [1.54, 1.807) is 30.9 Å². The van der Waals surface area contributed by atoms with Gasteiger partial charge in [-0.05, 0) is 87.5 Å². The highest BCUT2D eigenvalue weighted by atomic mass is 32.2. The Bertz CT molecular complexity index is 1100. The Kier molecular flexibility index (Phi) is 10.8. The van der Waals surface area contributed by atoms with Gasteiger partial charge in [-0.1, -0.05) is 18.0 Å². The van der Waals surface area contributed by atoms with E-state index in [0.717, 1.165) is 68.0 Å². The summed E-state index contributed by atoms with van der Waals surface area (Å²) in [4.78, 5) is 31.7. The van der Waals surface area contributed by atoms with Gasteiger partial charge >= 0.3 is 6.18 Å². The average Bonchev–Trinajstić information content (AvgIpc) is 3.25. The summed E-state index contributed by atoms with van der Waals surface area (Å²) in [7, 11) is 1.63. The Morgan fingerprint density at radius 1 is 1.22 bits per heavy atom. The number of piperidine rings is 1. The molecule has 1 spiro atoms. The second-order valence-electron chi connectivity index (χ2n) is 11.6. The molecular weight excluding hydrogens is 553 g/mol. The molecule has 228 valence electrons. The van der Waals surface area contributed by atoms with Crippen molar-refractivity contribution in [2.45, 2.75) is 83.4 Å². The number of amides is 2. The lowest BCUT2D eigenvalue weighted by molar-refractivity contribution is -0.138. The van der Waals surface area contributed by atoms with Crippen molar-refractivity contribution < 1.29 is 27.5 Å². The number of halogens is 3. The summed E-state index contributed by atoms with van der Waals surface area (Å²) < 4.78 is 45.2. The van der Waals surface area contributed by atoms with Crippen molar-refractivity contribution in [3.63, 3.8) is 0 Å². The minimum atomic E-state index is -4.09. The molecule has 2 aliphatic heterocycles. The van der Waals surface area contributed by atoms with Gasteiger partial charge in [0.15, 0.2) is 0 Å². The number of carbonyl (C=O) groups excluding carboxylic acids is 2. The van der Waals surface area contributed by atoms with Crippen molar-refractivity contribution in [3.8, 4) is 0 Å². The first-order valence-electron chi connectivity index (χ1n) is 14.7. The molecule has 7 nitrogen and oxygen atoms in total. The Balaban J connectivity index is 1.22. The summed E-state index contributed by atoms with van der Waals surface area (Å²) in [6.07, 6.45) is 0.761. The van der Waals surface area contributed by atoms with Crippen molar-refractivity contribution in [2.24, 2.45) is 16.8 Å². The summed E-state index contributed by atoms with van der Waals surface area (Å²) in [5, 5.41) is 3.05. The number of amidine groups is 1. The normalized spacial score (nSPS) is 23.0. The molecular formula is C30H43F3N4O3S. The van der Waals surface area contributed by atoms with E-state index in [-0.39, 0.29) is 30.1 Å². The van der Waals surface area contributed by atoms with E-state index in [9.17, 15) is 22.8 Å². The Morgan fingerprint density at radius 2 is 1.93 bits per heavy atom. The quantitative estimate of drug-likeness (QED) is 0.332. The molecule has 1 saturated carbocycles. The molecule has 2 amide bonds. The number of rotatable bonds is 11. The van der Waals surface area contributed by atoms with Crippen molar-refractivity contribution in [1.29, 1.82) is 0 Å². The number of nitrogens with zero attached hydrogens (tertiary/aromatic N) is 3. The zero-order chi connectivity index (χ0) is 29.6. The van der Waals surface area contributed by atoms with Gasteiger partial charge in [-0.3, -0.25) is 18.9 Å². The lowest BCUT2D eigenvalue weighted by Gasteiger charge is -2.34. The number of methoxy groups -OCH3 is 1. The van der Waals surface area contributed by atoms with E-state index >= 15 is 0 Å². The van der Waals surface area contributed by atoms with Crippen LogP contribution in [0.2, 0.25) is 0 Å². The molecule has 0 atom stereocenters. The fourth-order valence-electron chi connectivity index (χ4n) is 6.22. The minimum absolute atomic E-state index is 0.00716. The highest BCUT2D eigenvalue weighted by Gasteiger charge is 2.47. The van der Waals surface area contributed by atoms with Gasteiger partial charge < -0.3 is 15.0 Å². The Labute approximate surface area is 245 Å². The monoisotopic (exact) mass is 596 g/mol. The third-order valence-electron chi connectivity index (χ3n) is 8.80. The molecule has 0 unspecified atom stereocenters. The molecule has 1 aliphatic carbocycles. The van der Waals surface area contributed by atoms with Crippen LogP contribution in [0.5, 0.6) is 0 Å². The smallest absolute Gasteiger partial charge is 0.383 e. The van der Waals surface area contributed by atoms with Crippen molar-refractivity contribution in [2.75, 3.05) is 44.0 Å². The molecule has 0 radical (unpaired) electrons. The maximum atomic E-state index is 13.0. The molecule has 0 bridgehead atoms. The van der Waals surface area contributed by atoms with Crippen LogP contribution >= 0.6 is 11.9 Å². The zero-order valence-corrected chi connectivity index (χ0v) is 25.2. The molecule has 41 heavy (non-hydrogen) atoms. The second kappa shape index (κ2) is 13.9. The molecule has 1 saturated heterocycles. The number of benzene rings is 1. The first-order valence-corrected chi connectivity index (χ1v) is 15.7. The number of ether oxygens (including phenoxy) is 1. The number of hydrogen-bond acceptors (Lipinski definition) is 6. The van der Waals surface area contributed by atoms with Crippen LogP contribution in [0.25, 0.3) is 0 Å². The number of anilines is 1. The fourth-order valence-corrected chi connectivity index (χ4v) is 7.23. The average molecular weight is 597 g/mol. The van der Waals surface area contributed by atoms with Crippen LogP contribution in [0.3, 0.4) is 0 Å². The van der Waals surface area contributed by atoms with Gasteiger partial charge in [-0.15, -0.1) is 0 Å². The maximum Gasteiger partial charge on any atom is 0.389 e. The minimum Gasteiger partial charge on any atom is -0.383 e. The molecule has 1 aromatic carbocycles. The fraction of sp³-hybridized carbons (Fsp3) is 0.700. The van der Waals surface area contributed by atoms with Gasteiger partial charge in [0.25, 0.3) is 5.91 Å². The van der Waals surface area contributed by atoms with Crippen LogP contribution in [0.15, 0.2) is 23.2 Å². The molecule has 3 aliphatic rings.